The molecule has 9 heteroatoms. The number of likely N-dealkylation sites (tertiary alicyclic amines) is 1. The number of amides is 2. The lowest BCUT2D eigenvalue weighted by Gasteiger charge is -2.25. The number of carbonyl (C=O) groups excluding carboxylic acids is 2. The number of halogens is 1. The second kappa shape index (κ2) is 8.41. The molecular formula is C23H23FN4O4. The van der Waals surface area contributed by atoms with Crippen LogP contribution in [-0.4, -0.2) is 57.3 Å². The molecule has 1 fully saturated rings. The van der Waals surface area contributed by atoms with Crippen molar-refractivity contribution in [1.82, 2.24) is 19.4 Å². The molecule has 1 aliphatic heterocycles. The van der Waals surface area contributed by atoms with Crippen molar-refractivity contribution in [2.24, 2.45) is 0 Å². The summed E-state index contributed by atoms with van der Waals surface area (Å²) in [5.41, 5.74) is -0.175. The Balaban J connectivity index is 1.64. The van der Waals surface area contributed by atoms with Crippen LogP contribution < -0.4 is 11.2 Å². The Labute approximate surface area is 182 Å². The molecule has 166 valence electrons. The lowest BCUT2D eigenvalue weighted by molar-refractivity contribution is -0.127. The van der Waals surface area contributed by atoms with Crippen LogP contribution in [0.5, 0.6) is 0 Å². The van der Waals surface area contributed by atoms with Gasteiger partial charge in [-0.15, -0.1) is 0 Å². The molecule has 0 bridgehead atoms. The van der Waals surface area contributed by atoms with Crippen LogP contribution >= 0.6 is 0 Å². The molecule has 0 radical (unpaired) electrons. The summed E-state index contributed by atoms with van der Waals surface area (Å²) in [5, 5.41) is 0.363. The minimum atomic E-state index is -0.661. The van der Waals surface area contributed by atoms with Crippen molar-refractivity contribution in [2.75, 3.05) is 20.1 Å². The highest BCUT2D eigenvalue weighted by Gasteiger charge is 2.31. The summed E-state index contributed by atoms with van der Waals surface area (Å²) in [6.45, 7) is 2.51. The van der Waals surface area contributed by atoms with Crippen molar-refractivity contribution in [3.05, 3.63) is 80.2 Å². The third-order valence-corrected chi connectivity index (χ3v) is 5.98. The van der Waals surface area contributed by atoms with Crippen LogP contribution in [0.15, 0.2) is 52.1 Å². The average Bonchev–Trinajstić information content (AvgIpc) is 3.27. The summed E-state index contributed by atoms with van der Waals surface area (Å²) >= 11 is 0. The first-order chi connectivity index (χ1) is 15.3. The SMILES string of the molecule is CC(=O)N1CCC(N(C)C(=O)c2cc(Cn3c(=O)[nH]c(=O)c4ccccc43)ccc2F)C1. The standard InChI is InChI=1S/C23H23FN4O4/c1-14(29)27-10-9-16(13-27)26(2)22(31)18-11-15(7-8-19(18)24)12-28-20-6-4-3-5-17(20)21(30)25-23(28)32/h3-8,11,16H,9-10,12-13H2,1-2H3,(H,25,30,32). The second-order valence-corrected chi connectivity index (χ2v) is 8.00. The van der Waals surface area contributed by atoms with Crippen LogP contribution in [0.3, 0.4) is 0 Å². The molecule has 0 spiro atoms. The zero-order chi connectivity index (χ0) is 23.0. The molecule has 2 aromatic carbocycles. The number of nitrogens with one attached hydrogen (secondary N) is 1. The summed E-state index contributed by atoms with van der Waals surface area (Å²) in [5.74, 6) is -1.20. The molecule has 1 atom stereocenters. The molecule has 1 aliphatic rings. The Kier molecular flexibility index (Phi) is 5.65. The number of hydrogen-bond acceptors (Lipinski definition) is 4. The van der Waals surface area contributed by atoms with E-state index in [1.165, 1.54) is 34.6 Å². The van der Waals surface area contributed by atoms with Gasteiger partial charge < -0.3 is 9.80 Å². The Morgan fingerprint density at radius 1 is 1.19 bits per heavy atom. The predicted octanol–water partition coefficient (Wildman–Crippen LogP) is 1.57. The lowest BCUT2D eigenvalue weighted by Crippen LogP contribution is -2.40. The lowest BCUT2D eigenvalue weighted by atomic mass is 10.1. The number of aromatic nitrogens is 2. The maximum absolute atomic E-state index is 14.6. The van der Waals surface area contributed by atoms with Gasteiger partial charge in [-0.2, -0.15) is 0 Å². The van der Waals surface area contributed by atoms with Crippen LogP contribution in [0.2, 0.25) is 0 Å². The normalized spacial score (nSPS) is 15.8. The first-order valence-corrected chi connectivity index (χ1v) is 10.3. The molecule has 1 aromatic heterocycles. The van der Waals surface area contributed by atoms with Crippen molar-refractivity contribution >= 4 is 22.7 Å². The van der Waals surface area contributed by atoms with Gasteiger partial charge in [0.15, 0.2) is 0 Å². The number of para-hydroxylation sites is 1. The highest BCUT2D eigenvalue weighted by atomic mass is 19.1. The molecule has 2 amide bonds. The van der Waals surface area contributed by atoms with Crippen LogP contribution in [0, 0.1) is 5.82 Å². The minimum absolute atomic E-state index is 0.0555. The van der Waals surface area contributed by atoms with Crippen molar-refractivity contribution < 1.29 is 14.0 Å². The maximum Gasteiger partial charge on any atom is 0.329 e. The molecule has 0 saturated carbocycles. The quantitative estimate of drug-likeness (QED) is 0.669. The number of carbonyl (C=O) groups is 2. The number of rotatable bonds is 4. The molecule has 4 rings (SSSR count). The third kappa shape index (κ3) is 3.93. The van der Waals surface area contributed by atoms with Gasteiger partial charge in [0, 0.05) is 27.1 Å². The summed E-state index contributed by atoms with van der Waals surface area (Å²) in [4.78, 5) is 54.5. The summed E-state index contributed by atoms with van der Waals surface area (Å²) in [7, 11) is 1.60. The number of aromatic amines is 1. The molecule has 1 saturated heterocycles. The van der Waals surface area contributed by atoms with Crippen molar-refractivity contribution in [1.29, 1.82) is 0 Å². The predicted molar refractivity (Wildman–Crippen MR) is 117 cm³/mol. The summed E-state index contributed by atoms with van der Waals surface area (Å²) in [6, 6.07) is 10.6. The van der Waals surface area contributed by atoms with Gasteiger partial charge in [-0.05, 0) is 36.2 Å². The summed E-state index contributed by atoms with van der Waals surface area (Å²) in [6.07, 6.45) is 0.627. The van der Waals surface area contributed by atoms with Crippen LogP contribution in [0.1, 0.15) is 29.3 Å². The molecule has 1 N–H and O–H groups in total. The van der Waals surface area contributed by atoms with Crippen molar-refractivity contribution in [2.45, 2.75) is 25.9 Å². The van der Waals surface area contributed by atoms with Gasteiger partial charge in [0.25, 0.3) is 11.5 Å². The van der Waals surface area contributed by atoms with Gasteiger partial charge in [-0.25, -0.2) is 9.18 Å². The number of nitrogens with zero attached hydrogens (tertiary/aromatic N) is 3. The monoisotopic (exact) mass is 438 g/mol. The van der Waals surface area contributed by atoms with Crippen molar-refractivity contribution in [3.63, 3.8) is 0 Å². The van der Waals surface area contributed by atoms with E-state index >= 15 is 0 Å². The number of likely N-dealkylation sites (N-methyl/N-ethyl adjacent to an activating group) is 1. The molecule has 3 aromatic rings. The molecule has 0 aliphatic carbocycles. The van der Waals surface area contributed by atoms with Crippen molar-refractivity contribution in [3.8, 4) is 0 Å². The first-order valence-electron chi connectivity index (χ1n) is 10.3. The third-order valence-electron chi connectivity index (χ3n) is 5.98. The number of benzene rings is 2. The summed E-state index contributed by atoms with van der Waals surface area (Å²) < 4.78 is 15.9. The van der Waals surface area contributed by atoms with E-state index < -0.39 is 23.0 Å². The van der Waals surface area contributed by atoms with Gasteiger partial charge >= 0.3 is 5.69 Å². The van der Waals surface area contributed by atoms with E-state index in [-0.39, 0.29) is 24.1 Å². The van der Waals surface area contributed by atoms with E-state index in [4.69, 9.17) is 0 Å². The van der Waals surface area contributed by atoms with Crippen LogP contribution in [0.4, 0.5) is 4.39 Å². The van der Waals surface area contributed by atoms with Gasteiger partial charge in [0.05, 0.1) is 29.1 Å². The van der Waals surface area contributed by atoms with E-state index in [1.807, 2.05) is 0 Å². The largest absolute Gasteiger partial charge is 0.341 e. The minimum Gasteiger partial charge on any atom is -0.341 e. The van der Waals surface area contributed by atoms with Gasteiger partial charge in [0.2, 0.25) is 5.91 Å². The maximum atomic E-state index is 14.6. The molecule has 32 heavy (non-hydrogen) atoms. The molecule has 1 unspecified atom stereocenters. The molecule has 2 heterocycles. The van der Waals surface area contributed by atoms with Crippen LogP contribution in [-0.2, 0) is 11.3 Å². The van der Waals surface area contributed by atoms with Gasteiger partial charge in [0.1, 0.15) is 5.82 Å². The topological polar surface area (TPSA) is 95.5 Å². The smallest absolute Gasteiger partial charge is 0.329 e. The van der Waals surface area contributed by atoms with E-state index in [2.05, 4.69) is 4.98 Å². The van der Waals surface area contributed by atoms with E-state index in [0.29, 0.717) is 36.0 Å². The zero-order valence-electron chi connectivity index (χ0n) is 17.8. The Morgan fingerprint density at radius 2 is 1.94 bits per heavy atom. The van der Waals surface area contributed by atoms with Gasteiger partial charge in [-0.1, -0.05) is 18.2 Å². The molecule has 8 nitrogen and oxygen atoms in total. The zero-order valence-corrected chi connectivity index (χ0v) is 17.8. The van der Waals surface area contributed by atoms with E-state index in [1.54, 1.807) is 36.2 Å². The first kappa shape index (κ1) is 21.5. The fourth-order valence-corrected chi connectivity index (χ4v) is 4.12. The number of hydrogen-bond donors (Lipinski definition) is 1. The van der Waals surface area contributed by atoms with Crippen LogP contribution in [0.25, 0.3) is 10.9 Å². The number of H-pyrrole nitrogens is 1. The number of fused-ring (bicyclic) bond motifs is 1. The Hall–Kier alpha value is -3.75. The average molecular weight is 438 g/mol. The Morgan fingerprint density at radius 3 is 2.66 bits per heavy atom. The van der Waals surface area contributed by atoms with E-state index in [0.717, 1.165) is 0 Å². The van der Waals surface area contributed by atoms with Gasteiger partial charge in [-0.3, -0.25) is 23.9 Å². The fourth-order valence-electron chi connectivity index (χ4n) is 4.12. The Bertz CT molecular complexity index is 1330. The van der Waals surface area contributed by atoms with E-state index in [9.17, 15) is 23.6 Å². The highest BCUT2D eigenvalue weighted by molar-refractivity contribution is 5.95. The molecular weight excluding hydrogens is 415 g/mol. The fraction of sp³-hybridized carbons (Fsp3) is 0.304. The highest BCUT2D eigenvalue weighted by Crippen LogP contribution is 2.20. The second-order valence-electron chi connectivity index (χ2n) is 8.00.